The number of fused-ring (bicyclic) bond motifs is 3. The number of hydrogen-bond acceptors (Lipinski definition) is 6. The maximum atomic E-state index is 13.5. The summed E-state index contributed by atoms with van der Waals surface area (Å²) < 4.78 is 17.2. The second-order valence-electron chi connectivity index (χ2n) is 8.68. The second-order valence-corrected chi connectivity index (χ2v) is 8.68. The zero-order valence-corrected chi connectivity index (χ0v) is 20.1. The molecule has 0 saturated heterocycles. The maximum absolute atomic E-state index is 13.5. The van der Waals surface area contributed by atoms with Crippen molar-refractivity contribution in [2.24, 2.45) is 0 Å². The van der Waals surface area contributed by atoms with Crippen LogP contribution in [0.2, 0.25) is 0 Å². The molecule has 183 valence electrons. The van der Waals surface area contributed by atoms with Gasteiger partial charge < -0.3 is 19.2 Å². The number of aromatic nitrogens is 1. The summed E-state index contributed by atoms with van der Waals surface area (Å²) >= 11 is 0. The van der Waals surface area contributed by atoms with E-state index in [1.54, 1.807) is 24.3 Å². The fourth-order valence-corrected chi connectivity index (χ4v) is 4.73. The predicted octanol–water partition coefficient (Wildman–Crippen LogP) is 3.73. The summed E-state index contributed by atoms with van der Waals surface area (Å²) in [6, 6.07) is 14.5. The number of methoxy groups -OCH3 is 2. The predicted molar refractivity (Wildman–Crippen MR) is 129 cm³/mol. The average molecular weight is 478 g/mol. The van der Waals surface area contributed by atoms with Crippen molar-refractivity contribution in [3.63, 3.8) is 0 Å². The molecule has 1 atom stereocenters. The molecule has 1 aliphatic rings. The molecular formula is C27H29N2O6. The van der Waals surface area contributed by atoms with Crippen molar-refractivity contribution in [2.45, 2.75) is 38.2 Å². The van der Waals surface area contributed by atoms with Gasteiger partial charge >= 0.3 is 5.97 Å². The Bertz CT molecular complexity index is 1260. The number of hydrogen-bond donors (Lipinski definition) is 1. The van der Waals surface area contributed by atoms with Gasteiger partial charge in [0.05, 0.1) is 24.1 Å². The van der Waals surface area contributed by atoms with Crippen molar-refractivity contribution in [1.29, 1.82) is 0 Å². The Labute approximate surface area is 204 Å². The van der Waals surface area contributed by atoms with Gasteiger partial charge in [-0.25, -0.2) is 4.79 Å². The summed E-state index contributed by atoms with van der Waals surface area (Å²) in [5, 5.41) is 0.979. The Kier molecular flexibility index (Phi) is 7.05. The smallest absolute Gasteiger partial charge is 0.340 e. The van der Waals surface area contributed by atoms with Crippen LogP contribution in [0.4, 0.5) is 0 Å². The van der Waals surface area contributed by atoms with Crippen molar-refractivity contribution in [2.75, 3.05) is 20.8 Å². The molecular weight excluding hydrogens is 448 g/mol. The standard InChI is InChI=1S/C27H29N2O6/c1-17-8-7-9-19(14-17)26(32)35-27(16-24(33-3)34-4)25-21(20-10-5-6-11-22(20)28-25)12-13-29(27)23(31)15-18(2)30/h5-11,14,24,28H,1,12-13,15-16H2,2-4H3. The van der Waals surface area contributed by atoms with E-state index in [1.165, 1.54) is 26.0 Å². The third-order valence-electron chi connectivity index (χ3n) is 6.32. The van der Waals surface area contributed by atoms with E-state index in [0.717, 1.165) is 16.5 Å². The number of para-hydroxylation sites is 1. The third-order valence-corrected chi connectivity index (χ3v) is 6.32. The van der Waals surface area contributed by atoms with Crippen LogP contribution >= 0.6 is 0 Å². The third kappa shape index (κ3) is 4.72. The van der Waals surface area contributed by atoms with Crippen LogP contribution in [-0.2, 0) is 35.9 Å². The van der Waals surface area contributed by atoms with E-state index < -0.39 is 23.9 Å². The van der Waals surface area contributed by atoms with Gasteiger partial charge in [-0.2, -0.15) is 0 Å². The molecule has 2 aromatic carbocycles. The number of benzene rings is 2. The van der Waals surface area contributed by atoms with Crippen LogP contribution in [0.15, 0.2) is 48.5 Å². The van der Waals surface area contributed by atoms with Crippen molar-refractivity contribution < 1.29 is 28.6 Å². The normalized spacial score (nSPS) is 17.5. The Hall–Kier alpha value is -3.49. The quantitative estimate of drug-likeness (QED) is 0.302. The van der Waals surface area contributed by atoms with Gasteiger partial charge in [-0.1, -0.05) is 30.3 Å². The Morgan fingerprint density at radius 2 is 1.86 bits per heavy atom. The summed E-state index contributed by atoms with van der Waals surface area (Å²) in [7, 11) is 2.96. The first-order chi connectivity index (χ1) is 16.8. The first-order valence-corrected chi connectivity index (χ1v) is 11.4. The Morgan fingerprint density at radius 3 is 2.54 bits per heavy atom. The molecule has 0 fully saturated rings. The van der Waals surface area contributed by atoms with E-state index in [1.807, 2.05) is 24.3 Å². The van der Waals surface area contributed by atoms with E-state index in [9.17, 15) is 14.4 Å². The fourth-order valence-electron chi connectivity index (χ4n) is 4.73. The number of esters is 1. The fraction of sp³-hybridized carbons (Fsp3) is 0.333. The number of H-pyrrole nitrogens is 1. The summed E-state index contributed by atoms with van der Waals surface area (Å²) in [4.78, 5) is 43.6. The molecule has 2 heterocycles. The zero-order chi connectivity index (χ0) is 25.2. The maximum Gasteiger partial charge on any atom is 0.340 e. The lowest BCUT2D eigenvalue weighted by Crippen LogP contribution is -2.57. The molecule has 0 spiro atoms. The summed E-state index contributed by atoms with van der Waals surface area (Å²) in [5.41, 5.74) is 1.72. The molecule has 1 unspecified atom stereocenters. The highest BCUT2D eigenvalue weighted by Gasteiger charge is 2.52. The molecule has 1 aliphatic heterocycles. The van der Waals surface area contributed by atoms with Gasteiger partial charge in [0.25, 0.3) is 0 Å². The van der Waals surface area contributed by atoms with Gasteiger partial charge in [0.2, 0.25) is 11.6 Å². The molecule has 1 radical (unpaired) electrons. The molecule has 1 amide bonds. The van der Waals surface area contributed by atoms with Crippen molar-refractivity contribution in [3.05, 3.63) is 77.8 Å². The van der Waals surface area contributed by atoms with Gasteiger partial charge in [0.15, 0.2) is 6.29 Å². The number of ketones is 1. The molecule has 4 rings (SSSR count). The van der Waals surface area contributed by atoms with Crippen LogP contribution in [0.5, 0.6) is 0 Å². The van der Waals surface area contributed by atoms with E-state index in [4.69, 9.17) is 14.2 Å². The average Bonchev–Trinajstić information content (AvgIpc) is 3.22. The van der Waals surface area contributed by atoms with Crippen LogP contribution in [0.25, 0.3) is 10.9 Å². The molecule has 1 aromatic heterocycles. The summed E-state index contributed by atoms with van der Waals surface area (Å²) in [6.07, 6.45) is -0.582. The van der Waals surface area contributed by atoms with Gasteiger partial charge in [-0.15, -0.1) is 0 Å². The Morgan fingerprint density at radius 1 is 1.11 bits per heavy atom. The molecule has 0 bridgehead atoms. The van der Waals surface area contributed by atoms with Crippen LogP contribution < -0.4 is 0 Å². The van der Waals surface area contributed by atoms with Crippen LogP contribution in [0, 0.1) is 6.92 Å². The van der Waals surface area contributed by atoms with Crippen molar-refractivity contribution in [1.82, 2.24) is 9.88 Å². The number of ether oxygens (including phenoxy) is 3. The van der Waals surface area contributed by atoms with E-state index in [2.05, 4.69) is 11.9 Å². The van der Waals surface area contributed by atoms with E-state index in [-0.39, 0.29) is 25.2 Å². The van der Waals surface area contributed by atoms with Crippen LogP contribution in [0.1, 0.15) is 46.9 Å². The number of rotatable bonds is 8. The number of Topliss-reactive ketones (excluding diaryl/α,β-unsaturated/α-hetero) is 1. The summed E-state index contributed by atoms with van der Waals surface area (Å²) in [5.74, 6) is -1.35. The largest absolute Gasteiger partial charge is 0.429 e. The topological polar surface area (TPSA) is 97.9 Å². The minimum Gasteiger partial charge on any atom is -0.429 e. The lowest BCUT2D eigenvalue weighted by atomic mass is 9.90. The molecule has 0 aliphatic carbocycles. The summed E-state index contributed by atoms with van der Waals surface area (Å²) in [6.45, 7) is 5.50. The lowest BCUT2D eigenvalue weighted by Gasteiger charge is -2.46. The molecule has 3 aromatic rings. The minimum atomic E-state index is -1.59. The number of nitrogens with zero attached hydrogens (tertiary/aromatic N) is 1. The van der Waals surface area contributed by atoms with E-state index in [0.29, 0.717) is 23.2 Å². The van der Waals surface area contributed by atoms with Crippen molar-refractivity contribution in [3.8, 4) is 0 Å². The van der Waals surface area contributed by atoms with Crippen LogP contribution in [0.3, 0.4) is 0 Å². The monoisotopic (exact) mass is 477 g/mol. The highest BCUT2D eigenvalue weighted by Crippen LogP contribution is 2.44. The van der Waals surface area contributed by atoms with Gasteiger partial charge in [0.1, 0.15) is 5.78 Å². The van der Waals surface area contributed by atoms with Gasteiger partial charge in [-0.3, -0.25) is 14.5 Å². The number of nitrogens with one attached hydrogen (secondary N) is 1. The first-order valence-electron chi connectivity index (χ1n) is 11.4. The molecule has 0 saturated carbocycles. The van der Waals surface area contributed by atoms with Gasteiger partial charge in [-0.05, 0) is 49.6 Å². The SMILES string of the molecule is [CH2]c1cccc(C(=O)OC2(CC(OC)OC)c3[nH]c4ccccc4c3CCN2C(=O)CC(C)=O)c1. The minimum absolute atomic E-state index is 0.000722. The first kappa shape index (κ1) is 24.6. The molecule has 35 heavy (non-hydrogen) atoms. The number of aromatic amines is 1. The zero-order valence-electron chi connectivity index (χ0n) is 20.1. The molecule has 1 N–H and O–H groups in total. The van der Waals surface area contributed by atoms with Gasteiger partial charge in [0, 0.05) is 31.7 Å². The lowest BCUT2D eigenvalue weighted by molar-refractivity contribution is -0.204. The molecule has 8 nitrogen and oxygen atoms in total. The molecule has 8 heteroatoms. The highest BCUT2D eigenvalue weighted by molar-refractivity contribution is 5.98. The van der Waals surface area contributed by atoms with Crippen molar-refractivity contribution >= 4 is 28.6 Å². The number of amides is 1. The van der Waals surface area contributed by atoms with E-state index >= 15 is 0 Å². The second kappa shape index (κ2) is 10.0. The number of carbonyl (C=O) groups is 3. The highest BCUT2D eigenvalue weighted by atomic mass is 16.7. The Balaban J connectivity index is 1.92. The van der Waals surface area contributed by atoms with Crippen LogP contribution in [-0.4, -0.2) is 54.6 Å². The number of carbonyl (C=O) groups excluding carboxylic acids is 3.